The first-order valence-corrected chi connectivity index (χ1v) is 14.6. The lowest BCUT2D eigenvalue weighted by Gasteiger charge is -2.32. The van der Waals surface area contributed by atoms with Crippen LogP contribution in [0.5, 0.6) is 0 Å². The van der Waals surface area contributed by atoms with Crippen molar-refractivity contribution in [3.8, 4) is 0 Å². The van der Waals surface area contributed by atoms with Crippen LogP contribution < -0.4 is 4.72 Å². The van der Waals surface area contributed by atoms with E-state index in [4.69, 9.17) is 16.6 Å². The Kier molecular flexibility index (Phi) is 5.98. The van der Waals surface area contributed by atoms with E-state index in [0.717, 1.165) is 21.8 Å². The zero-order valence-corrected chi connectivity index (χ0v) is 21.8. The van der Waals surface area contributed by atoms with Crippen molar-refractivity contribution in [2.24, 2.45) is 4.99 Å². The number of aliphatic imine (C=N–C) groups is 1. The minimum atomic E-state index is -3.38. The minimum Gasteiger partial charge on any atom is -0.326 e. The van der Waals surface area contributed by atoms with E-state index in [-0.39, 0.29) is 16.3 Å². The average molecular weight is 547 g/mol. The summed E-state index contributed by atoms with van der Waals surface area (Å²) >= 11 is 8.01. The van der Waals surface area contributed by atoms with Crippen LogP contribution in [-0.4, -0.2) is 51.8 Å². The van der Waals surface area contributed by atoms with Crippen LogP contribution >= 0.6 is 22.9 Å². The molecule has 2 fully saturated rings. The summed E-state index contributed by atoms with van der Waals surface area (Å²) in [5.41, 5.74) is 3.37. The van der Waals surface area contributed by atoms with Crippen molar-refractivity contribution in [2.75, 3.05) is 6.54 Å². The van der Waals surface area contributed by atoms with Gasteiger partial charge in [0.05, 0.1) is 11.4 Å². The molecule has 188 valence electrons. The van der Waals surface area contributed by atoms with Gasteiger partial charge in [0.1, 0.15) is 11.9 Å². The van der Waals surface area contributed by atoms with Gasteiger partial charge in [0, 0.05) is 65.2 Å². The Hall–Kier alpha value is -2.60. The van der Waals surface area contributed by atoms with Crippen molar-refractivity contribution >= 4 is 44.4 Å². The monoisotopic (exact) mass is 546 g/mol. The third kappa shape index (κ3) is 4.27. The smallest absolute Gasteiger partial charge is 0.214 e. The zero-order chi connectivity index (χ0) is 25.0. The van der Waals surface area contributed by atoms with Gasteiger partial charge in [-0.1, -0.05) is 17.7 Å². The van der Waals surface area contributed by atoms with Gasteiger partial charge in [0.15, 0.2) is 10.8 Å². The fourth-order valence-electron chi connectivity index (χ4n) is 4.86. The first-order chi connectivity index (χ1) is 17.3. The summed E-state index contributed by atoms with van der Waals surface area (Å²) in [7, 11) is -3.38. The summed E-state index contributed by atoms with van der Waals surface area (Å²) in [5.74, 6) is 0.235. The number of thiazole rings is 1. The summed E-state index contributed by atoms with van der Waals surface area (Å²) in [6.07, 6.45) is 7.35. The van der Waals surface area contributed by atoms with Crippen LogP contribution in [0.25, 0.3) is 5.57 Å². The molecule has 4 heterocycles. The van der Waals surface area contributed by atoms with E-state index in [1.165, 1.54) is 23.5 Å². The molecule has 6 rings (SSSR count). The highest BCUT2D eigenvalue weighted by molar-refractivity contribution is 7.90. The van der Waals surface area contributed by atoms with Gasteiger partial charge in [-0.25, -0.2) is 22.5 Å². The van der Waals surface area contributed by atoms with Crippen molar-refractivity contribution in [3.63, 3.8) is 0 Å². The predicted octanol–water partition coefficient (Wildman–Crippen LogP) is 4.22. The minimum absolute atomic E-state index is 0.278. The lowest BCUT2D eigenvalue weighted by Crippen LogP contribution is -2.40. The molecular weight excluding hydrogens is 523 g/mol. The van der Waals surface area contributed by atoms with Gasteiger partial charge >= 0.3 is 0 Å². The van der Waals surface area contributed by atoms with Crippen molar-refractivity contribution < 1.29 is 12.8 Å². The Morgan fingerprint density at radius 3 is 2.81 bits per heavy atom. The quantitative estimate of drug-likeness (QED) is 0.479. The molecule has 1 N–H and O–H groups in total. The summed E-state index contributed by atoms with van der Waals surface area (Å²) < 4.78 is 44.2. The molecular formula is C24H24ClFN6O2S2. The van der Waals surface area contributed by atoms with E-state index in [1.54, 1.807) is 18.5 Å². The van der Waals surface area contributed by atoms with Gasteiger partial charge in [-0.15, -0.1) is 11.3 Å². The number of halogens is 2. The van der Waals surface area contributed by atoms with Gasteiger partial charge in [-0.05, 0) is 37.5 Å². The molecule has 0 amide bonds. The number of hydrogen-bond acceptors (Lipinski definition) is 7. The molecule has 2 aromatic heterocycles. The molecule has 36 heavy (non-hydrogen) atoms. The van der Waals surface area contributed by atoms with E-state index in [9.17, 15) is 12.8 Å². The number of aromatic nitrogens is 3. The molecule has 3 aliphatic rings. The molecule has 0 bridgehead atoms. The highest BCUT2D eigenvalue weighted by atomic mass is 35.5. The van der Waals surface area contributed by atoms with E-state index in [0.29, 0.717) is 43.8 Å². The average Bonchev–Trinajstić information content (AvgIpc) is 3.21. The summed E-state index contributed by atoms with van der Waals surface area (Å²) in [6.45, 7) is 3.15. The zero-order valence-electron chi connectivity index (χ0n) is 19.4. The van der Waals surface area contributed by atoms with Crippen LogP contribution in [0, 0.1) is 5.82 Å². The molecule has 8 nitrogen and oxygen atoms in total. The van der Waals surface area contributed by atoms with Gasteiger partial charge in [0.2, 0.25) is 10.0 Å². The molecule has 12 heteroatoms. The van der Waals surface area contributed by atoms with Crippen LogP contribution in [0.1, 0.15) is 48.4 Å². The summed E-state index contributed by atoms with van der Waals surface area (Å²) in [6, 6.07) is 3.49. The first kappa shape index (κ1) is 23.8. The second kappa shape index (κ2) is 9.05. The topological polar surface area (TPSA) is 92.5 Å². The normalized spacial score (nSPS) is 22.2. The Morgan fingerprint density at radius 2 is 2.14 bits per heavy atom. The lowest BCUT2D eigenvalue weighted by molar-refractivity contribution is 0.517. The van der Waals surface area contributed by atoms with Crippen molar-refractivity contribution in [3.05, 3.63) is 74.8 Å². The standard InChI is InChI=1S/C24H24ClFN6O2S2/c1-2-31-12-14(11-28-31)21-20-10-16(30-36(33,34)17-4-5-17)13-32(20)23(24-27-7-8-35-24)29-22(21)18-6-3-15(26)9-19(18)25/h3,6-9,11-12,16-17,22,30H,2,4-5,10,13H2,1H3/t16-,22-/m0/s1. The Bertz CT molecular complexity index is 1480. The SMILES string of the molecule is CCn1cc(C2=C3C[C@H](NS(=O)(=O)C4CC4)CN3C(c3nccs3)=N[C@H]2c2ccc(F)cc2Cl)cn1. The van der Waals surface area contributed by atoms with Crippen LogP contribution in [0.4, 0.5) is 4.39 Å². The number of amidine groups is 1. The van der Waals surface area contributed by atoms with E-state index < -0.39 is 21.9 Å². The van der Waals surface area contributed by atoms with Crippen molar-refractivity contribution in [1.82, 2.24) is 24.4 Å². The molecule has 0 unspecified atom stereocenters. The molecule has 1 saturated heterocycles. The van der Waals surface area contributed by atoms with Gasteiger partial charge < -0.3 is 4.90 Å². The number of aryl methyl sites for hydroxylation is 1. The molecule has 1 aromatic carbocycles. The molecule has 3 aromatic rings. The van der Waals surface area contributed by atoms with Crippen molar-refractivity contribution in [2.45, 2.75) is 50.1 Å². The molecule has 0 radical (unpaired) electrons. The highest BCUT2D eigenvalue weighted by Gasteiger charge is 2.43. The van der Waals surface area contributed by atoms with E-state index in [1.807, 2.05) is 23.2 Å². The van der Waals surface area contributed by atoms with Crippen LogP contribution in [-0.2, 0) is 16.6 Å². The number of fused-ring (bicyclic) bond motifs is 1. The third-order valence-corrected chi connectivity index (χ3v) is 9.81. The number of rotatable bonds is 7. The third-order valence-electron chi connectivity index (χ3n) is 6.70. The maximum absolute atomic E-state index is 14.0. The molecule has 2 aliphatic heterocycles. The summed E-state index contributed by atoms with van der Waals surface area (Å²) in [5, 5.41) is 7.05. The second-order valence-electron chi connectivity index (χ2n) is 9.18. The van der Waals surface area contributed by atoms with Crippen molar-refractivity contribution in [1.29, 1.82) is 0 Å². The van der Waals surface area contributed by atoms with Crippen LogP contribution in [0.15, 0.2) is 52.9 Å². The maximum Gasteiger partial charge on any atom is 0.214 e. The number of nitrogens with one attached hydrogen (secondary N) is 1. The Morgan fingerprint density at radius 1 is 1.31 bits per heavy atom. The fourth-order valence-corrected chi connectivity index (χ4v) is 7.34. The fraction of sp³-hybridized carbons (Fsp3) is 0.375. The molecule has 1 aliphatic carbocycles. The van der Waals surface area contributed by atoms with Gasteiger partial charge in [-0.2, -0.15) is 5.10 Å². The number of hydrogen-bond donors (Lipinski definition) is 1. The maximum atomic E-state index is 14.0. The lowest BCUT2D eigenvalue weighted by atomic mass is 9.91. The largest absolute Gasteiger partial charge is 0.326 e. The Balaban J connectivity index is 1.51. The van der Waals surface area contributed by atoms with E-state index in [2.05, 4.69) is 19.7 Å². The number of benzene rings is 1. The molecule has 0 spiro atoms. The van der Waals surface area contributed by atoms with Gasteiger partial charge in [0.25, 0.3) is 0 Å². The van der Waals surface area contributed by atoms with E-state index >= 15 is 0 Å². The molecule has 1 saturated carbocycles. The predicted molar refractivity (Wildman–Crippen MR) is 138 cm³/mol. The highest BCUT2D eigenvalue weighted by Crippen LogP contribution is 2.46. The summed E-state index contributed by atoms with van der Waals surface area (Å²) in [4.78, 5) is 11.7. The first-order valence-electron chi connectivity index (χ1n) is 11.8. The van der Waals surface area contributed by atoms with Crippen LogP contribution in [0.2, 0.25) is 5.02 Å². The van der Waals surface area contributed by atoms with Gasteiger partial charge in [-0.3, -0.25) is 9.67 Å². The molecule has 2 atom stereocenters. The second-order valence-corrected chi connectivity index (χ2v) is 12.5. The Labute approximate surface area is 217 Å². The van der Waals surface area contributed by atoms with Crippen LogP contribution in [0.3, 0.4) is 0 Å². The number of sulfonamides is 1. The number of nitrogens with zero attached hydrogens (tertiary/aromatic N) is 5.